The molecule has 1 N–H and O–H groups in total. The number of aryl methyl sites for hydroxylation is 1. The minimum atomic E-state index is -0.745. The first-order valence-electron chi connectivity index (χ1n) is 11.9. The summed E-state index contributed by atoms with van der Waals surface area (Å²) in [6.45, 7) is 3.45. The maximum absolute atomic E-state index is 13.7. The Hall–Kier alpha value is -3.16. The lowest BCUT2D eigenvalue weighted by Crippen LogP contribution is -2.47. The van der Waals surface area contributed by atoms with Gasteiger partial charge in [0.2, 0.25) is 11.8 Å². The summed E-state index contributed by atoms with van der Waals surface area (Å²) in [7, 11) is 1.62. The average molecular weight is 493 g/mol. The number of hydrogen-bond donors (Lipinski definition) is 1. The first-order chi connectivity index (χ1) is 17.0. The summed E-state index contributed by atoms with van der Waals surface area (Å²) < 4.78 is 11.1. The van der Waals surface area contributed by atoms with Crippen molar-refractivity contribution in [3.8, 4) is 5.75 Å². The maximum Gasteiger partial charge on any atom is 0.247 e. The van der Waals surface area contributed by atoms with E-state index < -0.39 is 6.04 Å². The van der Waals surface area contributed by atoms with E-state index in [1.807, 2.05) is 73.0 Å². The number of amides is 2. The fourth-order valence-electron chi connectivity index (χ4n) is 4.27. The zero-order chi connectivity index (χ0) is 24.6. The fraction of sp³-hybridized carbons (Fsp3) is 0.357. The van der Waals surface area contributed by atoms with Gasteiger partial charge in [-0.1, -0.05) is 48.0 Å². The van der Waals surface area contributed by atoms with Crippen molar-refractivity contribution < 1.29 is 19.1 Å². The highest BCUT2D eigenvalue weighted by molar-refractivity contribution is 7.10. The minimum Gasteiger partial charge on any atom is -0.497 e. The van der Waals surface area contributed by atoms with Crippen LogP contribution in [-0.4, -0.2) is 43.1 Å². The van der Waals surface area contributed by atoms with Gasteiger partial charge in [0.05, 0.1) is 19.6 Å². The Kier molecular flexibility index (Phi) is 8.55. The third kappa shape index (κ3) is 6.71. The van der Waals surface area contributed by atoms with Gasteiger partial charge in [-0.3, -0.25) is 9.59 Å². The molecule has 2 aromatic carbocycles. The van der Waals surface area contributed by atoms with Gasteiger partial charge in [-0.25, -0.2) is 0 Å². The first-order valence-corrected chi connectivity index (χ1v) is 12.8. The monoisotopic (exact) mass is 492 g/mol. The van der Waals surface area contributed by atoms with E-state index in [1.54, 1.807) is 23.3 Å². The van der Waals surface area contributed by atoms with Gasteiger partial charge in [-0.15, -0.1) is 11.3 Å². The number of rotatable bonds is 10. The molecule has 1 aliphatic heterocycles. The van der Waals surface area contributed by atoms with Crippen LogP contribution < -0.4 is 10.1 Å². The second-order valence-corrected chi connectivity index (χ2v) is 9.85. The molecule has 184 valence electrons. The number of carbonyl (C=O) groups excluding carboxylic acids is 2. The fourth-order valence-corrected chi connectivity index (χ4v) is 4.97. The summed E-state index contributed by atoms with van der Waals surface area (Å²) in [5.41, 5.74) is 2.85. The Bertz CT molecular complexity index is 1090. The molecule has 1 aliphatic rings. The van der Waals surface area contributed by atoms with Gasteiger partial charge in [0.1, 0.15) is 11.8 Å². The summed E-state index contributed by atoms with van der Waals surface area (Å²) in [5.74, 6) is 0.481. The van der Waals surface area contributed by atoms with Crippen molar-refractivity contribution in [3.05, 3.63) is 87.6 Å². The van der Waals surface area contributed by atoms with E-state index in [0.717, 1.165) is 40.2 Å². The molecule has 1 saturated heterocycles. The molecule has 0 saturated carbocycles. The summed E-state index contributed by atoms with van der Waals surface area (Å²) in [4.78, 5) is 30.0. The normalized spacial score (nSPS) is 16.0. The van der Waals surface area contributed by atoms with Gasteiger partial charge >= 0.3 is 0 Å². The van der Waals surface area contributed by atoms with Gasteiger partial charge < -0.3 is 19.7 Å². The largest absolute Gasteiger partial charge is 0.497 e. The zero-order valence-electron chi connectivity index (χ0n) is 20.2. The highest BCUT2D eigenvalue weighted by atomic mass is 32.1. The predicted molar refractivity (Wildman–Crippen MR) is 137 cm³/mol. The molecular weight excluding hydrogens is 460 g/mol. The lowest BCUT2D eigenvalue weighted by atomic mass is 10.0. The van der Waals surface area contributed by atoms with Crippen molar-refractivity contribution in [3.63, 3.8) is 0 Å². The number of methoxy groups -OCH3 is 1. The zero-order valence-corrected chi connectivity index (χ0v) is 21.1. The smallest absolute Gasteiger partial charge is 0.247 e. The summed E-state index contributed by atoms with van der Waals surface area (Å²) in [6, 6.07) is 18.6. The van der Waals surface area contributed by atoms with E-state index in [2.05, 4.69) is 5.32 Å². The second-order valence-electron chi connectivity index (χ2n) is 8.82. The third-order valence-corrected chi connectivity index (χ3v) is 7.11. The Morgan fingerprint density at radius 1 is 1.14 bits per heavy atom. The van der Waals surface area contributed by atoms with E-state index in [-0.39, 0.29) is 24.3 Å². The quantitative estimate of drug-likeness (QED) is 0.447. The number of benzene rings is 2. The van der Waals surface area contributed by atoms with E-state index >= 15 is 0 Å². The average Bonchev–Trinajstić information content (AvgIpc) is 3.58. The van der Waals surface area contributed by atoms with E-state index in [9.17, 15) is 9.59 Å². The van der Waals surface area contributed by atoms with E-state index in [0.29, 0.717) is 19.7 Å². The van der Waals surface area contributed by atoms with Gasteiger partial charge in [-0.2, -0.15) is 0 Å². The molecule has 0 bridgehead atoms. The highest BCUT2D eigenvalue weighted by Crippen LogP contribution is 2.26. The second kappa shape index (κ2) is 12.0. The Labute approximate surface area is 210 Å². The molecule has 4 rings (SSSR count). The van der Waals surface area contributed by atoms with Gasteiger partial charge in [0, 0.05) is 24.6 Å². The summed E-state index contributed by atoms with van der Waals surface area (Å²) in [5, 5.41) is 5.02. The van der Waals surface area contributed by atoms with Crippen LogP contribution >= 0.6 is 11.3 Å². The maximum atomic E-state index is 13.7. The van der Waals surface area contributed by atoms with Crippen LogP contribution in [0.4, 0.5) is 0 Å². The van der Waals surface area contributed by atoms with Gasteiger partial charge in [0.25, 0.3) is 0 Å². The van der Waals surface area contributed by atoms with Crippen LogP contribution in [0.3, 0.4) is 0 Å². The number of hydrogen-bond acceptors (Lipinski definition) is 5. The lowest BCUT2D eigenvalue weighted by Gasteiger charge is -2.33. The number of nitrogens with one attached hydrogen (secondary N) is 1. The van der Waals surface area contributed by atoms with Crippen molar-refractivity contribution in [1.29, 1.82) is 0 Å². The predicted octanol–water partition coefficient (Wildman–Crippen LogP) is 4.67. The number of thiophene rings is 1. The van der Waals surface area contributed by atoms with Crippen molar-refractivity contribution in [1.82, 2.24) is 10.2 Å². The standard InChI is InChI=1S/C28H32N2O4S/c1-20-7-11-22(12-8-20)27(28(32)29-18-21-9-13-23(33-2)14-10-21)30(19-24-5-3-15-34-24)26(31)17-25-6-4-16-35-25/h4,6-14,16,24,27H,3,5,15,17-19H2,1-2H3,(H,29,32)/t24-,27-/m1/s1. The molecule has 0 aliphatic carbocycles. The molecule has 0 unspecified atom stereocenters. The molecule has 1 fully saturated rings. The van der Waals surface area contributed by atoms with E-state index in [1.165, 1.54) is 0 Å². The van der Waals surface area contributed by atoms with Crippen molar-refractivity contribution in [2.24, 2.45) is 0 Å². The van der Waals surface area contributed by atoms with Gasteiger partial charge in [-0.05, 0) is 54.5 Å². The number of ether oxygens (including phenoxy) is 2. The van der Waals surface area contributed by atoms with Crippen LogP contribution in [0.1, 0.15) is 40.5 Å². The molecule has 0 radical (unpaired) electrons. The molecule has 6 nitrogen and oxygen atoms in total. The summed E-state index contributed by atoms with van der Waals surface area (Å²) >= 11 is 1.55. The molecule has 2 atom stereocenters. The van der Waals surface area contributed by atoms with Crippen molar-refractivity contribution in [2.75, 3.05) is 20.3 Å². The van der Waals surface area contributed by atoms with Crippen LogP contribution in [0, 0.1) is 6.92 Å². The van der Waals surface area contributed by atoms with E-state index in [4.69, 9.17) is 9.47 Å². The van der Waals surface area contributed by atoms with Crippen LogP contribution in [0.15, 0.2) is 66.0 Å². The minimum absolute atomic E-state index is 0.0652. The molecule has 1 aromatic heterocycles. The Balaban J connectivity index is 1.60. The van der Waals surface area contributed by atoms with Crippen LogP contribution in [0.25, 0.3) is 0 Å². The van der Waals surface area contributed by atoms with Crippen LogP contribution in [0.5, 0.6) is 5.75 Å². The van der Waals surface area contributed by atoms with Crippen LogP contribution in [-0.2, 0) is 27.3 Å². The number of nitrogens with zero attached hydrogens (tertiary/aromatic N) is 1. The first kappa shape index (κ1) is 24.9. The van der Waals surface area contributed by atoms with Crippen LogP contribution in [0.2, 0.25) is 0 Å². The SMILES string of the molecule is COc1ccc(CNC(=O)[C@@H](c2ccc(C)cc2)N(C[C@H]2CCCO2)C(=O)Cc2cccs2)cc1. The Morgan fingerprint density at radius 3 is 2.54 bits per heavy atom. The lowest BCUT2D eigenvalue weighted by molar-refractivity contribution is -0.142. The third-order valence-electron chi connectivity index (χ3n) is 6.23. The molecule has 2 amide bonds. The molecule has 3 aromatic rings. The topological polar surface area (TPSA) is 67.9 Å². The molecule has 7 heteroatoms. The van der Waals surface area contributed by atoms with Gasteiger partial charge in [0.15, 0.2) is 0 Å². The molecule has 0 spiro atoms. The molecule has 35 heavy (non-hydrogen) atoms. The number of carbonyl (C=O) groups is 2. The highest BCUT2D eigenvalue weighted by Gasteiger charge is 2.34. The Morgan fingerprint density at radius 2 is 1.91 bits per heavy atom. The molecular formula is C28H32N2O4S. The van der Waals surface area contributed by atoms with Crippen molar-refractivity contribution >= 4 is 23.2 Å². The van der Waals surface area contributed by atoms with Crippen molar-refractivity contribution in [2.45, 2.75) is 44.9 Å². The molecule has 2 heterocycles. The summed E-state index contributed by atoms with van der Waals surface area (Å²) in [6.07, 6.45) is 2.05.